The zero-order valence-electron chi connectivity index (χ0n) is 15.4. The maximum Gasteiger partial charge on any atom is 0.330 e. The van der Waals surface area contributed by atoms with Crippen LogP contribution in [0.5, 0.6) is 0 Å². The number of imide groups is 1. The molecule has 1 aliphatic heterocycles. The van der Waals surface area contributed by atoms with Crippen molar-refractivity contribution < 1.29 is 28.3 Å². The SMILES string of the molecule is CC(=O)N1[C@@H](C(=O)OCC(=O)NC(=O)NCC(C)C)CS[C@@H]1c1ccco1. The molecule has 4 amide bonds. The summed E-state index contributed by atoms with van der Waals surface area (Å²) in [5.74, 6) is -0.633. The zero-order chi connectivity index (χ0) is 20.0. The van der Waals surface area contributed by atoms with Crippen LogP contribution in [0.25, 0.3) is 0 Å². The van der Waals surface area contributed by atoms with Crippen molar-refractivity contribution in [1.82, 2.24) is 15.5 Å². The molecule has 1 aromatic heterocycles. The predicted molar refractivity (Wildman–Crippen MR) is 97.6 cm³/mol. The van der Waals surface area contributed by atoms with Gasteiger partial charge in [-0.15, -0.1) is 11.8 Å². The van der Waals surface area contributed by atoms with Gasteiger partial charge in [-0.2, -0.15) is 0 Å². The first-order valence-electron chi connectivity index (χ1n) is 8.47. The molecule has 1 saturated heterocycles. The average Bonchev–Trinajstić information content (AvgIpc) is 3.26. The predicted octanol–water partition coefficient (Wildman–Crippen LogP) is 1.27. The number of ether oxygens (including phenoxy) is 1. The Labute approximate surface area is 161 Å². The lowest BCUT2D eigenvalue weighted by atomic mass is 10.2. The van der Waals surface area contributed by atoms with Gasteiger partial charge in [0.15, 0.2) is 6.61 Å². The van der Waals surface area contributed by atoms with E-state index in [4.69, 9.17) is 9.15 Å². The number of thioether (sulfide) groups is 1. The van der Waals surface area contributed by atoms with Gasteiger partial charge in [0.05, 0.1) is 6.26 Å². The van der Waals surface area contributed by atoms with Crippen molar-refractivity contribution in [2.45, 2.75) is 32.2 Å². The largest absolute Gasteiger partial charge is 0.466 e. The molecule has 148 valence electrons. The van der Waals surface area contributed by atoms with Gasteiger partial charge in [0.1, 0.15) is 17.2 Å². The number of hydrogen-bond acceptors (Lipinski definition) is 7. The van der Waals surface area contributed by atoms with Crippen LogP contribution in [0.3, 0.4) is 0 Å². The molecule has 2 N–H and O–H groups in total. The zero-order valence-corrected chi connectivity index (χ0v) is 16.2. The van der Waals surface area contributed by atoms with E-state index in [1.807, 2.05) is 13.8 Å². The Kier molecular flexibility index (Phi) is 7.28. The maximum atomic E-state index is 12.3. The van der Waals surface area contributed by atoms with Gasteiger partial charge in [0.25, 0.3) is 5.91 Å². The van der Waals surface area contributed by atoms with E-state index < -0.39 is 35.9 Å². The van der Waals surface area contributed by atoms with Crippen molar-refractivity contribution in [1.29, 1.82) is 0 Å². The summed E-state index contributed by atoms with van der Waals surface area (Å²) in [4.78, 5) is 49.0. The normalized spacial score (nSPS) is 19.0. The van der Waals surface area contributed by atoms with Crippen LogP contribution in [-0.4, -0.2) is 53.7 Å². The van der Waals surface area contributed by atoms with Gasteiger partial charge in [0.2, 0.25) is 5.91 Å². The van der Waals surface area contributed by atoms with Gasteiger partial charge >= 0.3 is 12.0 Å². The third-order valence-corrected chi connectivity index (χ3v) is 4.98. The quantitative estimate of drug-likeness (QED) is 0.694. The molecule has 10 heteroatoms. The number of furan rings is 1. The van der Waals surface area contributed by atoms with Gasteiger partial charge in [-0.25, -0.2) is 9.59 Å². The van der Waals surface area contributed by atoms with Crippen LogP contribution in [0.2, 0.25) is 0 Å². The lowest BCUT2D eigenvalue weighted by Gasteiger charge is -2.25. The summed E-state index contributed by atoms with van der Waals surface area (Å²) in [5, 5.41) is 4.18. The molecule has 27 heavy (non-hydrogen) atoms. The Hall–Kier alpha value is -2.49. The Bertz CT molecular complexity index is 691. The number of nitrogens with one attached hydrogen (secondary N) is 2. The Morgan fingerprint density at radius 1 is 1.37 bits per heavy atom. The molecular formula is C17H23N3O6S. The topological polar surface area (TPSA) is 118 Å². The molecule has 0 aromatic carbocycles. The molecule has 2 heterocycles. The van der Waals surface area contributed by atoms with Crippen LogP contribution in [-0.2, 0) is 19.1 Å². The van der Waals surface area contributed by atoms with Crippen molar-refractivity contribution in [2.75, 3.05) is 18.9 Å². The average molecular weight is 397 g/mol. The van der Waals surface area contributed by atoms with Crippen LogP contribution >= 0.6 is 11.8 Å². The smallest absolute Gasteiger partial charge is 0.330 e. The summed E-state index contributed by atoms with van der Waals surface area (Å²) in [7, 11) is 0. The fraction of sp³-hybridized carbons (Fsp3) is 0.529. The highest BCUT2D eigenvalue weighted by atomic mass is 32.2. The molecule has 1 fully saturated rings. The molecule has 0 saturated carbocycles. The first kappa shape index (κ1) is 20.8. The van der Waals surface area contributed by atoms with E-state index in [-0.39, 0.29) is 11.8 Å². The van der Waals surface area contributed by atoms with Crippen LogP contribution in [0.15, 0.2) is 22.8 Å². The third-order valence-electron chi connectivity index (χ3n) is 3.69. The number of hydrogen-bond donors (Lipinski definition) is 2. The second-order valence-corrected chi connectivity index (χ2v) is 7.52. The molecular weight excluding hydrogens is 374 g/mol. The van der Waals surface area contributed by atoms with Gasteiger partial charge in [-0.1, -0.05) is 13.8 Å². The number of rotatable bonds is 6. The fourth-order valence-electron chi connectivity index (χ4n) is 2.46. The van der Waals surface area contributed by atoms with Crippen molar-refractivity contribution in [3.8, 4) is 0 Å². The Morgan fingerprint density at radius 3 is 2.70 bits per heavy atom. The molecule has 0 bridgehead atoms. The summed E-state index contributed by atoms with van der Waals surface area (Å²) in [6, 6.07) is 1.95. The molecule has 1 aromatic rings. The fourth-order valence-corrected chi connectivity index (χ4v) is 3.88. The van der Waals surface area contributed by atoms with Gasteiger partial charge < -0.3 is 19.4 Å². The second kappa shape index (κ2) is 9.45. The highest BCUT2D eigenvalue weighted by Gasteiger charge is 2.43. The van der Waals surface area contributed by atoms with Crippen molar-refractivity contribution in [3.05, 3.63) is 24.2 Å². The van der Waals surface area contributed by atoms with Crippen LogP contribution in [0.1, 0.15) is 31.9 Å². The molecule has 0 unspecified atom stereocenters. The van der Waals surface area contributed by atoms with E-state index in [2.05, 4.69) is 10.6 Å². The van der Waals surface area contributed by atoms with E-state index in [1.54, 1.807) is 12.1 Å². The van der Waals surface area contributed by atoms with E-state index in [1.165, 1.54) is 29.8 Å². The second-order valence-electron chi connectivity index (χ2n) is 6.40. The Balaban J connectivity index is 1.87. The minimum atomic E-state index is -0.829. The van der Waals surface area contributed by atoms with Crippen LogP contribution in [0.4, 0.5) is 4.79 Å². The molecule has 1 aliphatic rings. The standard InChI is InChI=1S/C17H23N3O6S/c1-10(2)7-18-17(24)19-14(22)8-26-16(23)12-9-27-15(20(12)11(3)21)13-5-4-6-25-13/h4-6,10,12,15H,7-9H2,1-3H3,(H2,18,19,22,24)/t12-,15-/m1/s1. The van der Waals surface area contributed by atoms with Crippen LogP contribution in [0, 0.1) is 5.92 Å². The van der Waals surface area contributed by atoms with E-state index in [9.17, 15) is 19.2 Å². The summed E-state index contributed by atoms with van der Waals surface area (Å²) < 4.78 is 10.3. The monoisotopic (exact) mass is 397 g/mol. The summed E-state index contributed by atoms with van der Waals surface area (Å²) >= 11 is 1.37. The van der Waals surface area contributed by atoms with E-state index in [0.29, 0.717) is 18.1 Å². The number of carbonyl (C=O) groups is 4. The number of amides is 4. The van der Waals surface area contributed by atoms with Gasteiger partial charge in [-0.05, 0) is 18.1 Å². The first-order chi connectivity index (χ1) is 12.8. The van der Waals surface area contributed by atoms with Crippen molar-refractivity contribution >= 4 is 35.6 Å². The first-order valence-corrected chi connectivity index (χ1v) is 9.52. The van der Waals surface area contributed by atoms with Crippen molar-refractivity contribution in [3.63, 3.8) is 0 Å². The molecule has 0 radical (unpaired) electrons. The van der Waals surface area contributed by atoms with Gasteiger partial charge in [-0.3, -0.25) is 14.9 Å². The number of nitrogens with zero attached hydrogens (tertiary/aromatic N) is 1. The summed E-state index contributed by atoms with van der Waals surface area (Å²) in [6.45, 7) is 5.00. The highest BCUT2D eigenvalue weighted by Crippen LogP contribution is 2.41. The molecule has 0 aliphatic carbocycles. The minimum absolute atomic E-state index is 0.239. The molecule has 2 atom stereocenters. The number of carbonyl (C=O) groups excluding carboxylic acids is 4. The van der Waals surface area contributed by atoms with E-state index >= 15 is 0 Å². The highest BCUT2D eigenvalue weighted by molar-refractivity contribution is 7.99. The lowest BCUT2D eigenvalue weighted by Crippen LogP contribution is -2.45. The maximum absolute atomic E-state index is 12.3. The third kappa shape index (κ3) is 5.75. The summed E-state index contributed by atoms with van der Waals surface area (Å²) in [6.07, 6.45) is 1.49. The lowest BCUT2D eigenvalue weighted by molar-refractivity contribution is -0.156. The number of urea groups is 1. The van der Waals surface area contributed by atoms with Crippen LogP contribution < -0.4 is 10.6 Å². The van der Waals surface area contributed by atoms with Gasteiger partial charge in [0, 0.05) is 19.2 Å². The van der Waals surface area contributed by atoms with Crippen molar-refractivity contribution in [2.24, 2.45) is 5.92 Å². The number of esters is 1. The van der Waals surface area contributed by atoms with E-state index in [0.717, 1.165) is 0 Å². The Morgan fingerprint density at radius 2 is 2.11 bits per heavy atom. The molecule has 9 nitrogen and oxygen atoms in total. The molecule has 2 rings (SSSR count). The minimum Gasteiger partial charge on any atom is -0.466 e. The molecule has 0 spiro atoms. The summed E-state index contributed by atoms with van der Waals surface area (Å²) in [5.41, 5.74) is 0.